The summed E-state index contributed by atoms with van der Waals surface area (Å²) in [4.78, 5) is 4.46. The van der Waals surface area contributed by atoms with Gasteiger partial charge in [-0.25, -0.2) is 4.39 Å². The maximum atomic E-state index is 13.7. The molecule has 0 spiro atoms. The smallest absolute Gasteiger partial charge is 0.355 e. The van der Waals surface area contributed by atoms with E-state index in [2.05, 4.69) is 15.2 Å². The van der Waals surface area contributed by atoms with Crippen LogP contribution in [0, 0.1) is 5.82 Å². The molecule has 0 saturated heterocycles. The lowest BCUT2D eigenvalue weighted by Gasteiger charge is -2.10. The number of rotatable bonds is 1. The second-order valence-electron chi connectivity index (χ2n) is 7.40. The highest BCUT2D eigenvalue weighted by atomic mass is 19.4. The molecule has 5 nitrogen and oxygen atoms in total. The van der Waals surface area contributed by atoms with Gasteiger partial charge in [-0.3, -0.25) is 9.67 Å². The summed E-state index contributed by atoms with van der Waals surface area (Å²) in [6.45, 7) is 2.67. The molecule has 3 aromatic rings. The van der Waals surface area contributed by atoms with Crippen LogP contribution in [0.15, 0.2) is 27.7 Å². The molecule has 4 heterocycles. The second-order valence-corrected chi connectivity index (χ2v) is 7.40. The van der Waals surface area contributed by atoms with Gasteiger partial charge in [-0.1, -0.05) is 5.16 Å². The van der Waals surface area contributed by atoms with Crippen molar-refractivity contribution in [2.75, 3.05) is 0 Å². The fourth-order valence-corrected chi connectivity index (χ4v) is 4.00. The molecule has 0 aliphatic carbocycles. The Morgan fingerprint density at radius 3 is 2.86 bits per heavy atom. The number of aliphatic imine (C=N–C) groups is 1. The van der Waals surface area contributed by atoms with Crippen molar-refractivity contribution in [2.24, 2.45) is 4.99 Å². The Labute approximate surface area is 163 Å². The van der Waals surface area contributed by atoms with Crippen molar-refractivity contribution < 1.29 is 22.1 Å². The molecule has 2 aromatic heterocycles. The first kappa shape index (κ1) is 18.1. The van der Waals surface area contributed by atoms with E-state index in [1.54, 1.807) is 6.21 Å². The molecule has 9 heteroatoms. The summed E-state index contributed by atoms with van der Waals surface area (Å²) >= 11 is 0. The van der Waals surface area contributed by atoms with Gasteiger partial charge >= 0.3 is 6.18 Å². The van der Waals surface area contributed by atoms with E-state index < -0.39 is 17.6 Å². The molecule has 0 radical (unpaired) electrons. The second kappa shape index (κ2) is 6.27. The molecular formula is C20H16F4N4O. The zero-order valence-electron chi connectivity index (χ0n) is 15.4. The van der Waals surface area contributed by atoms with Gasteiger partial charge in [0.2, 0.25) is 0 Å². The summed E-state index contributed by atoms with van der Waals surface area (Å²) in [6.07, 6.45) is -0.987. The minimum Gasteiger partial charge on any atom is -0.355 e. The van der Waals surface area contributed by atoms with Crippen LogP contribution in [0.25, 0.3) is 22.7 Å². The molecule has 5 rings (SSSR count). The number of hydrogen-bond donors (Lipinski definition) is 0. The van der Waals surface area contributed by atoms with Crippen LogP contribution in [0.4, 0.5) is 17.6 Å². The van der Waals surface area contributed by atoms with Gasteiger partial charge in [0.15, 0.2) is 5.76 Å². The molecule has 0 saturated carbocycles. The van der Waals surface area contributed by atoms with Gasteiger partial charge in [-0.2, -0.15) is 18.3 Å². The van der Waals surface area contributed by atoms with Crippen LogP contribution in [-0.2, 0) is 25.6 Å². The lowest BCUT2D eigenvalue weighted by Crippen LogP contribution is -2.11. The maximum Gasteiger partial charge on any atom is 0.419 e. The molecule has 0 bridgehead atoms. The number of aryl methyl sites for hydroxylation is 1. The molecule has 2 aliphatic rings. The topological polar surface area (TPSA) is 56.2 Å². The van der Waals surface area contributed by atoms with Crippen molar-refractivity contribution in [1.29, 1.82) is 0 Å². The van der Waals surface area contributed by atoms with Crippen LogP contribution >= 0.6 is 0 Å². The highest BCUT2D eigenvalue weighted by Crippen LogP contribution is 2.40. The number of aromatic nitrogens is 3. The predicted octanol–water partition coefficient (Wildman–Crippen LogP) is 4.67. The lowest BCUT2D eigenvalue weighted by atomic mass is 9.98. The molecule has 1 unspecified atom stereocenters. The first-order valence-electron chi connectivity index (χ1n) is 9.32. The number of nitrogens with zero attached hydrogens (tertiary/aromatic N) is 4. The quantitative estimate of drug-likeness (QED) is 0.554. The van der Waals surface area contributed by atoms with Crippen molar-refractivity contribution in [3.8, 4) is 22.7 Å². The highest BCUT2D eigenvalue weighted by molar-refractivity contribution is 5.92. The SMILES string of the molecule is CC1Cc2nn3c(c2C=N1)-c1noc(-c2ccc(F)c(C(F)(F)F)c2)c1CCC3. The zero-order valence-corrected chi connectivity index (χ0v) is 15.4. The minimum absolute atomic E-state index is 0.147. The van der Waals surface area contributed by atoms with Gasteiger partial charge < -0.3 is 4.52 Å². The van der Waals surface area contributed by atoms with E-state index in [1.165, 1.54) is 6.07 Å². The lowest BCUT2D eigenvalue weighted by molar-refractivity contribution is -0.139. The third kappa shape index (κ3) is 2.87. The van der Waals surface area contributed by atoms with E-state index in [-0.39, 0.29) is 17.4 Å². The van der Waals surface area contributed by atoms with Gasteiger partial charge in [-0.15, -0.1) is 0 Å². The molecule has 150 valence electrons. The summed E-state index contributed by atoms with van der Waals surface area (Å²) in [5, 5.41) is 8.86. The molecule has 2 aliphatic heterocycles. The largest absolute Gasteiger partial charge is 0.419 e. The van der Waals surface area contributed by atoms with Gasteiger partial charge in [0.05, 0.1) is 23.0 Å². The van der Waals surface area contributed by atoms with Gasteiger partial charge in [-0.05, 0) is 38.0 Å². The highest BCUT2D eigenvalue weighted by Gasteiger charge is 2.35. The van der Waals surface area contributed by atoms with Gasteiger partial charge in [0, 0.05) is 35.9 Å². The van der Waals surface area contributed by atoms with E-state index in [1.807, 2.05) is 11.6 Å². The van der Waals surface area contributed by atoms with Crippen molar-refractivity contribution in [3.05, 3.63) is 46.4 Å². The van der Waals surface area contributed by atoms with Gasteiger partial charge in [0.1, 0.15) is 11.5 Å². The Bertz CT molecular complexity index is 1140. The standard InChI is InChI=1S/C20H16F4N4O/c1-10-7-16-13(9-25-10)18-17-12(3-2-6-28(18)26-16)19(29-27-17)11-4-5-15(21)14(8-11)20(22,23)24/h4-5,8-10H,2-3,6-7H2,1H3. The minimum atomic E-state index is -4.79. The Balaban J connectivity index is 1.66. The van der Waals surface area contributed by atoms with Crippen LogP contribution in [0.5, 0.6) is 0 Å². The van der Waals surface area contributed by atoms with E-state index >= 15 is 0 Å². The average Bonchev–Trinajstić information content (AvgIpc) is 3.17. The Morgan fingerprint density at radius 1 is 1.24 bits per heavy atom. The monoisotopic (exact) mass is 404 g/mol. The first-order chi connectivity index (χ1) is 13.8. The summed E-state index contributed by atoms with van der Waals surface area (Å²) in [5.41, 5.74) is 2.68. The molecular weight excluding hydrogens is 388 g/mol. The number of benzene rings is 1. The Hall–Kier alpha value is -2.97. The van der Waals surface area contributed by atoms with Crippen LogP contribution in [-0.4, -0.2) is 27.2 Å². The van der Waals surface area contributed by atoms with Crippen LogP contribution in [0.3, 0.4) is 0 Å². The average molecular weight is 404 g/mol. The predicted molar refractivity (Wildman–Crippen MR) is 97.2 cm³/mol. The van der Waals surface area contributed by atoms with Gasteiger partial charge in [0.25, 0.3) is 0 Å². The van der Waals surface area contributed by atoms with Crippen LogP contribution < -0.4 is 0 Å². The molecule has 0 N–H and O–H groups in total. The Morgan fingerprint density at radius 2 is 2.07 bits per heavy atom. The van der Waals surface area contributed by atoms with Crippen molar-refractivity contribution in [3.63, 3.8) is 0 Å². The normalized spacial score (nSPS) is 18.2. The fraction of sp³-hybridized carbons (Fsp3) is 0.350. The summed E-state index contributed by atoms with van der Waals surface area (Å²) in [6, 6.07) is 3.02. The number of hydrogen-bond acceptors (Lipinski definition) is 4. The summed E-state index contributed by atoms with van der Waals surface area (Å²) in [5.74, 6) is -1.08. The molecule has 1 atom stereocenters. The summed E-state index contributed by atoms with van der Waals surface area (Å²) < 4.78 is 60.5. The third-order valence-corrected chi connectivity index (χ3v) is 5.36. The van der Waals surface area contributed by atoms with Crippen LogP contribution in [0.1, 0.15) is 35.7 Å². The Kier molecular flexibility index (Phi) is 3.91. The first-order valence-corrected chi connectivity index (χ1v) is 9.32. The molecule has 29 heavy (non-hydrogen) atoms. The van der Waals surface area contributed by atoms with E-state index in [0.717, 1.165) is 41.9 Å². The number of halogens is 4. The van der Waals surface area contributed by atoms with E-state index in [9.17, 15) is 17.6 Å². The van der Waals surface area contributed by atoms with Crippen molar-refractivity contribution in [2.45, 2.75) is 44.9 Å². The third-order valence-electron chi connectivity index (χ3n) is 5.36. The number of fused-ring (bicyclic) bond motifs is 5. The molecule has 0 fully saturated rings. The van der Waals surface area contributed by atoms with E-state index in [4.69, 9.17) is 4.52 Å². The number of alkyl halides is 3. The molecule has 0 amide bonds. The van der Waals surface area contributed by atoms with Crippen molar-refractivity contribution in [1.82, 2.24) is 14.9 Å². The fourth-order valence-electron chi connectivity index (χ4n) is 4.00. The zero-order chi connectivity index (χ0) is 20.3. The molecule has 1 aromatic carbocycles. The van der Waals surface area contributed by atoms with Crippen molar-refractivity contribution >= 4 is 6.21 Å². The van der Waals surface area contributed by atoms with E-state index in [0.29, 0.717) is 24.2 Å². The summed E-state index contributed by atoms with van der Waals surface area (Å²) in [7, 11) is 0. The van der Waals surface area contributed by atoms with Crippen LogP contribution in [0.2, 0.25) is 0 Å². The maximum absolute atomic E-state index is 13.7.